The Kier molecular flexibility index (Phi) is 3.02. The Bertz CT molecular complexity index is 667. The third-order valence-electron chi connectivity index (χ3n) is 4.17. The minimum absolute atomic E-state index is 0.593. The molecule has 0 spiro atoms. The molecule has 21 heavy (non-hydrogen) atoms. The summed E-state index contributed by atoms with van der Waals surface area (Å²) in [7, 11) is 2.09. The Hall–Kier alpha value is -2.10. The molecular weight excluding hydrogens is 262 g/mol. The van der Waals surface area contributed by atoms with Crippen LogP contribution in [0.3, 0.4) is 0 Å². The van der Waals surface area contributed by atoms with Gasteiger partial charge in [-0.05, 0) is 36.1 Å². The summed E-state index contributed by atoms with van der Waals surface area (Å²) in [6, 6.07) is 8.47. The SMILES string of the molecule is CN(Cc1ccc2c(c1)CCO2)c1ccnc(C2CC2)n1. The van der Waals surface area contributed by atoms with E-state index in [1.54, 1.807) is 0 Å². The summed E-state index contributed by atoms with van der Waals surface area (Å²) in [5.74, 6) is 3.64. The van der Waals surface area contributed by atoms with Gasteiger partial charge < -0.3 is 9.64 Å². The summed E-state index contributed by atoms with van der Waals surface area (Å²) in [6.07, 6.45) is 5.37. The molecule has 0 atom stereocenters. The molecule has 1 saturated carbocycles. The fourth-order valence-electron chi connectivity index (χ4n) is 2.81. The van der Waals surface area contributed by atoms with Gasteiger partial charge in [0.05, 0.1) is 6.61 Å². The van der Waals surface area contributed by atoms with E-state index >= 15 is 0 Å². The zero-order valence-electron chi connectivity index (χ0n) is 12.2. The molecule has 0 amide bonds. The molecule has 4 rings (SSSR count). The number of fused-ring (bicyclic) bond motifs is 1. The Balaban J connectivity index is 1.52. The van der Waals surface area contributed by atoms with E-state index in [-0.39, 0.29) is 0 Å². The summed E-state index contributed by atoms with van der Waals surface area (Å²) in [6.45, 7) is 1.67. The van der Waals surface area contributed by atoms with Gasteiger partial charge in [0.25, 0.3) is 0 Å². The van der Waals surface area contributed by atoms with Gasteiger partial charge in [0, 0.05) is 32.1 Å². The molecular formula is C17H19N3O. The molecule has 1 fully saturated rings. The Labute approximate surface area is 124 Å². The lowest BCUT2D eigenvalue weighted by molar-refractivity contribution is 0.357. The average Bonchev–Trinajstić information content (AvgIpc) is 3.26. The number of hydrogen-bond donors (Lipinski definition) is 0. The first-order valence-corrected chi connectivity index (χ1v) is 7.58. The third kappa shape index (κ3) is 2.58. The van der Waals surface area contributed by atoms with Gasteiger partial charge in [-0.25, -0.2) is 9.97 Å². The fraction of sp³-hybridized carbons (Fsp3) is 0.412. The molecule has 4 heteroatoms. The van der Waals surface area contributed by atoms with Crippen LogP contribution < -0.4 is 9.64 Å². The predicted molar refractivity (Wildman–Crippen MR) is 81.8 cm³/mol. The maximum atomic E-state index is 5.56. The number of benzene rings is 1. The summed E-state index contributed by atoms with van der Waals surface area (Å²) < 4.78 is 5.56. The molecule has 0 saturated heterocycles. The molecule has 1 aromatic carbocycles. The predicted octanol–water partition coefficient (Wildman–Crippen LogP) is 2.93. The van der Waals surface area contributed by atoms with E-state index in [0.717, 1.165) is 37.0 Å². The van der Waals surface area contributed by atoms with Crippen molar-refractivity contribution in [2.24, 2.45) is 0 Å². The minimum atomic E-state index is 0.593. The van der Waals surface area contributed by atoms with Crippen LogP contribution in [0, 0.1) is 0 Å². The molecule has 4 nitrogen and oxygen atoms in total. The molecule has 1 aliphatic carbocycles. The van der Waals surface area contributed by atoms with Crippen LogP contribution in [0.2, 0.25) is 0 Å². The van der Waals surface area contributed by atoms with Crippen LogP contribution in [0.15, 0.2) is 30.5 Å². The second kappa shape index (κ2) is 5.02. The number of hydrogen-bond acceptors (Lipinski definition) is 4. The van der Waals surface area contributed by atoms with Gasteiger partial charge in [-0.15, -0.1) is 0 Å². The van der Waals surface area contributed by atoms with Crippen molar-refractivity contribution < 1.29 is 4.74 Å². The molecule has 1 aliphatic heterocycles. The van der Waals surface area contributed by atoms with Crippen molar-refractivity contribution in [1.29, 1.82) is 0 Å². The Morgan fingerprint density at radius 1 is 1.29 bits per heavy atom. The lowest BCUT2D eigenvalue weighted by Crippen LogP contribution is -2.18. The summed E-state index contributed by atoms with van der Waals surface area (Å²) >= 11 is 0. The third-order valence-corrected chi connectivity index (χ3v) is 4.17. The van der Waals surface area contributed by atoms with E-state index in [2.05, 4.69) is 35.1 Å². The van der Waals surface area contributed by atoms with E-state index in [4.69, 9.17) is 9.72 Å². The van der Waals surface area contributed by atoms with E-state index in [0.29, 0.717) is 5.92 Å². The van der Waals surface area contributed by atoms with E-state index in [1.165, 1.54) is 24.0 Å². The molecule has 2 aromatic rings. The number of nitrogens with zero attached hydrogens (tertiary/aromatic N) is 3. The van der Waals surface area contributed by atoms with Crippen molar-refractivity contribution in [3.05, 3.63) is 47.4 Å². The first-order chi connectivity index (χ1) is 10.3. The highest BCUT2D eigenvalue weighted by molar-refractivity contribution is 5.43. The molecule has 0 bridgehead atoms. The van der Waals surface area contributed by atoms with Crippen LogP contribution in [-0.4, -0.2) is 23.6 Å². The van der Waals surface area contributed by atoms with Gasteiger partial charge in [-0.2, -0.15) is 0 Å². The monoisotopic (exact) mass is 281 g/mol. The standard InChI is InChI=1S/C17H19N3O/c1-20(16-6-8-18-17(19-16)13-3-4-13)11-12-2-5-15-14(10-12)7-9-21-15/h2,5-6,8,10,13H,3-4,7,9,11H2,1H3. The van der Waals surface area contributed by atoms with Crippen molar-refractivity contribution in [1.82, 2.24) is 9.97 Å². The maximum Gasteiger partial charge on any atom is 0.133 e. The number of anilines is 1. The smallest absolute Gasteiger partial charge is 0.133 e. The van der Waals surface area contributed by atoms with Gasteiger partial charge in [0.15, 0.2) is 0 Å². The second-order valence-corrected chi connectivity index (χ2v) is 5.94. The van der Waals surface area contributed by atoms with Crippen molar-refractivity contribution in [2.75, 3.05) is 18.6 Å². The molecule has 108 valence electrons. The van der Waals surface area contributed by atoms with E-state index in [1.807, 2.05) is 12.3 Å². The van der Waals surface area contributed by atoms with Crippen molar-refractivity contribution in [2.45, 2.75) is 31.7 Å². The summed E-state index contributed by atoms with van der Waals surface area (Å²) in [5, 5.41) is 0. The highest BCUT2D eigenvalue weighted by Crippen LogP contribution is 2.38. The lowest BCUT2D eigenvalue weighted by Gasteiger charge is -2.19. The van der Waals surface area contributed by atoms with E-state index < -0.39 is 0 Å². The lowest BCUT2D eigenvalue weighted by atomic mass is 10.1. The highest BCUT2D eigenvalue weighted by Gasteiger charge is 2.26. The summed E-state index contributed by atoms with van der Waals surface area (Å²) in [5.41, 5.74) is 2.62. The first kappa shape index (κ1) is 12.6. The topological polar surface area (TPSA) is 38.2 Å². The van der Waals surface area contributed by atoms with Gasteiger partial charge in [0.2, 0.25) is 0 Å². The number of rotatable bonds is 4. The molecule has 0 N–H and O–H groups in total. The Morgan fingerprint density at radius 3 is 3.05 bits per heavy atom. The Morgan fingerprint density at radius 2 is 2.19 bits per heavy atom. The largest absolute Gasteiger partial charge is 0.493 e. The number of ether oxygens (including phenoxy) is 1. The molecule has 2 aliphatic rings. The van der Waals surface area contributed by atoms with Gasteiger partial charge in [-0.3, -0.25) is 0 Å². The van der Waals surface area contributed by atoms with Crippen LogP contribution in [0.1, 0.15) is 35.7 Å². The van der Waals surface area contributed by atoms with Crippen LogP contribution in [0.25, 0.3) is 0 Å². The van der Waals surface area contributed by atoms with Gasteiger partial charge in [-0.1, -0.05) is 12.1 Å². The first-order valence-electron chi connectivity index (χ1n) is 7.58. The highest BCUT2D eigenvalue weighted by atomic mass is 16.5. The number of aromatic nitrogens is 2. The quantitative estimate of drug-likeness (QED) is 0.863. The maximum absolute atomic E-state index is 5.56. The zero-order chi connectivity index (χ0) is 14.2. The van der Waals surface area contributed by atoms with Crippen molar-refractivity contribution in [3.8, 4) is 5.75 Å². The van der Waals surface area contributed by atoms with E-state index in [9.17, 15) is 0 Å². The molecule has 0 unspecified atom stereocenters. The van der Waals surface area contributed by atoms with Crippen LogP contribution in [-0.2, 0) is 13.0 Å². The van der Waals surface area contributed by atoms with Crippen molar-refractivity contribution in [3.63, 3.8) is 0 Å². The van der Waals surface area contributed by atoms with Gasteiger partial charge >= 0.3 is 0 Å². The molecule has 0 radical (unpaired) electrons. The van der Waals surface area contributed by atoms with Crippen molar-refractivity contribution >= 4 is 5.82 Å². The second-order valence-electron chi connectivity index (χ2n) is 5.94. The van der Waals surface area contributed by atoms with Crippen LogP contribution in [0.5, 0.6) is 5.75 Å². The van der Waals surface area contributed by atoms with Crippen LogP contribution in [0.4, 0.5) is 5.82 Å². The minimum Gasteiger partial charge on any atom is -0.493 e. The van der Waals surface area contributed by atoms with Gasteiger partial charge in [0.1, 0.15) is 17.4 Å². The fourth-order valence-corrected chi connectivity index (χ4v) is 2.81. The summed E-state index contributed by atoms with van der Waals surface area (Å²) in [4.78, 5) is 11.3. The zero-order valence-corrected chi connectivity index (χ0v) is 12.2. The van der Waals surface area contributed by atoms with Crippen LogP contribution >= 0.6 is 0 Å². The molecule has 1 aromatic heterocycles. The molecule has 2 heterocycles. The average molecular weight is 281 g/mol. The normalized spacial score (nSPS) is 16.4.